The number of nitro groups is 1. The minimum atomic E-state index is -4.39. The monoisotopic (exact) mass is 387 g/mol. The number of rotatable bonds is 3. The molecule has 0 bridgehead atoms. The Balaban J connectivity index is 1.71. The lowest BCUT2D eigenvalue weighted by molar-refractivity contribution is -0.384. The molecule has 1 aromatic carbocycles. The lowest BCUT2D eigenvalue weighted by atomic mass is 10.2. The molecule has 1 aliphatic heterocycles. The molecule has 0 unspecified atom stereocenters. The highest BCUT2D eigenvalue weighted by Crippen LogP contribution is 2.32. The van der Waals surface area contributed by atoms with Gasteiger partial charge in [-0.15, -0.1) is 0 Å². The van der Waals surface area contributed by atoms with Gasteiger partial charge in [0.1, 0.15) is 25.0 Å². The number of halogens is 4. The molecule has 138 valence electrons. The van der Waals surface area contributed by atoms with Crippen molar-refractivity contribution in [3.63, 3.8) is 0 Å². The Kier molecular flexibility index (Phi) is 4.90. The molecular formula is C16H15ClF3N4O2+. The van der Waals surface area contributed by atoms with Crippen molar-refractivity contribution in [3.8, 4) is 0 Å². The third kappa shape index (κ3) is 3.82. The van der Waals surface area contributed by atoms with E-state index < -0.39 is 16.7 Å². The fraction of sp³-hybridized carbons (Fsp3) is 0.312. The van der Waals surface area contributed by atoms with Crippen molar-refractivity contribution in [2.75, 3.05) is 36.0 Å². The molecule has 6 nitrogen and oxygen atoms in total. The molecule has 1 saturated heterocycles. The highest BCUT2D eigenvalue weighted by atomic mass is 35.5. The van der Waals surface area contributed by atoms with E-state index in [2.05, 4.69) is 4.98 Å². The Bertz CT molecular complexity index is 806. The van der Waals surface area contributed by atoms with Crippen LogP contribution in [-0.2, 0) is 6.18 Å². The number of benzene rings is 1. The molecule has 1 N–H and O–H groups in total. The number of aromatic amines is 1. The van der Waals surface area contributed by atoms with Crippen LogP contribution in [0.1, 0.15) is 5.56 Å². The number of nitro benzene ring substituents is 1. The number of alkyl halides is 3. The Hall–Kier alpha value is -2.55. The largest absolute Gasteiger partial charge is 0.419 e. The van der Waals surface area contributed by atoms with Gasteiger partial charge in [0.25, 0.3) is 11.5 Å². The SMILES string of the molecule is O=[N+]([O-])c1cc(Cl)ccc1N1CCN(c2ccc(C(F)(F)F)c[nH+]2)CC1. The lowest BCUT2D eigenvalue weighted by Gasteiger charge is -2.32. The molecule has 10 heteroatoms. The van der Waals surface area contributed by atoms with Gasteiger partial charge >= 0.3 is 6.18 Å². The van der Waals surface area contributed by atoms with E-state index in [9.17, 15) is 23.3 Å². The Morgan fingerprint density at radius 3 is 2.27 bits per heavy atom. The number of anilines is 2. The third-order valence-electron chi connectivity index (χ3n) is 4.22. The number of hydrogen-bond donors (Lipinski definition) is 0. The van der Waals surface area contributed by atoms with Gasteiger partial charge in [-0.2, -0.15) is 13.2 Å². The quantitative estimate of drug-likeness (QED) is 0.598. The molecular weight excluding hydrogens is 373 g/mol. The van der Waals surface area contributed by atoms with Crippen LogP contribution in [-0.4, -0.2) is 31.1 Å². The second-order valence-corrected chi connectivity index (χ2v) is 6.26. The summed E-state index contributed by atoms with van der Waals surface area (Å²) in [6.07, 6.45) is -3.45. The molecule has 0 spiro atoms. The summed E-state index contributed by atoms with van der Waals surface area (Å²) in [6, 6.07) is 6.94. The van der Waals surface area contributed by atoms with Crippen molar-refractivity contribution in [2.45, 2.75) is 6.18 Å². The number of pyridine rings is 1. The van der Waals surface area contributed by atoms with E-state index in [-0.39, 0.29) is 5.69 Å². The smallest absolute Gasteiger partial charge is 0.358 e. The minimum absolute atomic E-state index is 0.0629. The molecule has 0 aliphatic carbocycles. The van der Waals surface area contributed by atoms with Crippen molar-refractivity contribution in [1.82, 2.24) is 0 Å². The van der Waals surface area contributed by atoms with Crippen LogP contribution in [0.25, 0.3) is 0 Å². The first-order valence-corrected chi connectivity index (χ1v) is 8.16. The topological polar surface area (TPSA) is 63.8 Å². The van der Waals surface area contributed by atoms with Crippen molar-refractivity contribution in [3.05, 3.63) is 57.2 Å². The van der Waals surface area contributed by atoms with Gasteiger partial charge < -0.3 is 4.90 Å². The number of nitrogens with zero attached hydrogens (tertiary/aromatic N) is 3. The van der Waals surface area contributed by atoms with Gasteiger partial charge in [-0.25, -0.2) is 4.98 Å². The highest BCUT2D eigenvalue weighted by molar-refractivity contribution is 6.30. The van der Waals surface area contributed by atoms with E-state index >= 15 is 0 Å². The van der Waals surface area contributed by atoms with Crippen molar-refractivity contribution < 1.29 is 23.1 Å². The number of H-pyrrole nitrogens is 1. The van der Waals surface area contributed by atoms with Gasteiger partial charge in [-0.1, -0.05) is 11.6 Å². The maximum atomic E-state index is 12.6. The maximum absolute atomic E-state index is 12.6. The van der Waals surface area contributed by atoms with Gasteiger partial charge in [0.2, 0.25) is 0 Å². The van der Waals surface area contributed by atoms with Gasteiger partial charge in [0.05, 0.1) is 23.6 Å². The normalized spacial score (nSPS) is 15.2. The van der Waals surface area contributed by atoms with E-state index in [1.807, 2.05) is 9.80 Å². The molecule has 2 aromatic rings. The van der Waals surface area contributed by atoms with E-state index in [4.69, 9.17) is 11.6 Å². The fourth-order valence-corrected chi connectivity index (χ4v) is 3.05. The van der Waals surface area contributed by atoms with Crippen molar-refractivity contribution in [1.29, 1.82) is 0 Å². The summed E-state index contributed by atoms with van der Waals surface area (Å²) in [5.74, 6) is 0.572. The third-order valence-corrected chi connectivity index (χ3v) is 4.45. The summed E-state index contributed by atoms with van der Waals surface area (Å²) >= 11 is 5.83. The molecule has 2 heterocycles. The lowest BCUT2D eigenvalue weighted by Crippen LogP contribution is -2.48. The van der Waals surface area contributed by atoms with Crippen LogP contribution >= 0.6 is 11.6 Å². The summed E-state index contributed by atoms with van der Waals surface area (Å²) < 4.78 is 37.9. The molecule has 1 fully saturated rings. The molecule has 1 aromatic heterocycles. The van der Waals surface area contributed by atoms with Crippen LogP contribution in [0.2, 0.25) is 5.02 Å². The zero-order valence-electron chi connectivity index (χ0n) is 13.5. The molecule has 0 saturated carbocycles. The number of aromatic nitrogens is 1. The average Bonchev–Trinajstić information content (AvgIpc) is 2.61. The highest BCUT2D eigenvalue weighted by Gasteiger charge is 2.33. The number of piperazine rings is 1. The van der Waals surface area contributed by atoms with Gasteiger partial charge in [-0.3, -0.25) is 15.0 Å². The molecule has 0 atom stereocenters. The molecule has 3 rings (SSSR count). The summed E-state index contributed by atoms with van der Waals surface area (Å²) in [5.41, 5.74) is -0.320. The van der Waals surface area contributed by atoms with E-state index in [0.29, 0.717) is 42.7 Å². The standard InChI is InChI=1S/C16H14ClF3N4O2/c17-12-2-3-13(14(9-12)24(25)26)22-5-7-23(8-6-22)15-4-1-11(10-21-15)16(18,19)20/h1-4,9-10H,5-8H2/p+1. The summed E-state index contributed by atoms with van der Waals surface area (Å²) in [6.45, 7) is 2.03. The van der Waals surface area contributed by atoms with Gasteiger partial charge in [0, 0.05) is 17.2 Å². The average molecular weight is 388 g/mol. The zero-order chi connectivity index (χ0) is 18.9. The fourth-order valence-electron chi connectivity index (χ4n) is 2.89. The predicted octanol–water partition coefficient (Wildman–Crippen LogP) is 3.41. The Morgan fingerprint density at radius 2 is 1.73 bits per heavy atom. The van der Waals surface area contributed by atoms with Gasteiger partial charge in [-0.05, 0) is 18.2 Å². The van der Waals surface area contributed by atoms with E-state index in [1.165, 1.54) is 12.1 Å². The summed E-state index contributed by atoms with van der Waals surface area (Å²) in [7, 11) is 0. The summed E-state index contributed by atoms with van der Waals surface area (Å²) in [5, 5.41) is 11.5. The molecule has 0 radical (unpaired) electrons. The summed E-state index contributed by atoms with van der Waals surface area (Å²) in [4.78, 5) is 17.2. The predicted molar refractivity (Wildman–Crippen MR) is 90.5 cm³/mol. The number of hydrogen-bond acceptors (Lipinski definition) is 4. The van der Waals surface area contributed by atoms with Crippen molar-refractivity contribution in [2.24, 2.45) is 0 Å². The first kappa shape index (κ1) is 18.2. The first-order chi connectivity index (χ1) is 12.3. The molecule has 1 aliphatic rings. The van der Waals surface area contributed by atoms with Gasteiger partial charge in [0.15, 0.2) is 0 Å². The van der Waals surface area contributed by atoms with E-state index in [1.54, 1.807) is 12.1 Å². The Morgan fingerprint density at radius 1 is 1.08 bits per heavy atom. The molecule has 26 heavy (non-hydrogen) atoms. The molecule has 0 amide bonds. The zero-order valence-corrected chi connectivity index (χ0v) is 14.2. The maximum Gasteiger partial charge on any atom is 0.419 e. The van der Waals surface area contributed by atoms with E-state index in [0.717, 1.165) is 12.3 Å². The Labute approximate surface area is 151 Å². The van der Waals surface area contributed by atoms with Crippen LogP contribution in [0.3, 0.4) is 0 Å². The van der Waals surface area contributed by atoms with Crippen LogP contribution in [0.5, 0.6) is 0 Å². The second-order valence-electron chi connectivity index (χ2n) is 5.82. The van der Waals surface area contributed by atoms with Crippen LogP contribution in [0, 0.1) is 10.1 Å². The number of nitrogens with one attached hydrogen (secondary N) is 1. The minimum Gasteiger partial charge on any atom is -0.358 e. The van der Waals surface area contributed by atoms with Crippen LogP contribution < -0.4 is 14.8 Å². The second kappa shape index (κ2) is 6.99. The van der Waals surface area contributed by atoms with Crippen LogP contribution in [0.15, 0.2) is 36.5 Å². The first-order valence-electron chi connectivity index (χ1n) is 7.78. The van der Waals surface area contributed by atoms with Crippen LogP contribution in [0.4, 0.5) is 30.4 Å². The van der Waals surface area contributed by atoms with Crippen molar-refractivity contribution >= 4 is 28.8 Å².